The highest BCUT2D eigenvalue weighted by atomic mass is 32.2. The standard InChI is InChI=1S/C16H26N2O3S/c1-6-14(7-2)17-16(19)11-18(5)22(20,21)15-9-8-12(3)13(4)10-15/h8-10,14H,6-7,11H2,1-5H3,(H,17,19). The van der Waals surface area contributed by atoms with E-state index in [0.717, 1.165) is 28.3 Å². The lowest BCUT2D eigenvalue weighted by Gasteiger charge is -2.20. The Morgan fingerprint density at radius 1 is 1.18 bits per heavy atom. The highest BCUT2D eigenvalue weighted by Crippen LogP contribution is 2.18. The number of rotatable bonds is 7. The molecule has 6 heteroatoms. The van der Waals surface area contributed by atoms with Crippen molar-refractivity contribution < 1.29 is 13.2 Å². The van der Waals surface area contributed by atoms with E-state index in [2.05, 4.69) is 5.32 Å². The fourth-order valence-electron chi connectivity index (χ4n) is 2.11. The van der Waals surface area contributed by atoms with Crippen molar-refractivity contribution in [2.75, 3.05) is 13.6 Å². The molecular formula is C16H26N2O3S. The predicted molar refractivity (Wildman–Crippen MR) is 88.2 cm³/mol. The summed E-state index contributed by atoms with van der Waals surface area (Å²) in [5.74, 6) is -0.274. The van der Waals surface area contributed by atoms with Gasteiger partial charge >= 0.3 is 0 Å². The van der Waals surface area contributed by atoms with Gasteiger partial charge in [-0.2, -0.15) is 4.31 Å². The third-order valence-electron chi connectivity index (χ3n) is 3.90. The van der Waals surface area contributed by atoms with Gasteiger partial charge in [0.1, 0.15) is 0 Å². The smallest absolute Gasteiger partial charge is 0.243 e. The number of hydrogen-bond acceptors (Lipinski definition) is 3. The van der Waals surface area contributed by atoms with E-state index in [1.54, 1.807) is 18.2 Å². The second-order valence-corrected chi connectivity index (χ2v) is 7.63. The first-order chi connectivity index (χ1) is 10.2. The van der Waals surface area contributed by atoms with Gasteiger partial charge in [-0.1, -0.05) is 19.9 Å². The molecule has 0 saturated heterocycles. The van der Waals surface area contributed by atoms with E-state index < -0.39 is 10.0 Å². The van der Waals surface area contributed by atoms with Crippen molar-refractivity contribution in [1.29, 1.82) is 0 Å². The van der Waals surface area contributed by atoms with Crippen molar-refractivity contribution in [3.8, 4) is 0 Å². The lowest BCUT2D eigenvalue weighted by atomic mass is 10.1. The van der Waals surface area contributed by atoms with Crippen molar-refractivity contribution in [3.63, 3.8) is 0 Å². The summed E-state index contributed by atoms with van der Waals surface area (Å²) < 4.78 is 26.1. The van der Waals surface area contributed by atoms with E-state index in [9.17, 15) is 13.2 Å². The van der Waals surface area contributed by atoms with Gasteiger partial charge in [0.15, 0.2) is 0 Å². The Hall–Kier alpha value is -1.40. The second kappa shape index (κ2) is 7.74. The predicted octanol–water partition coefficient (Wildman–Crippen LogP) is 2.23. The van der Waals surface area contributed by atoms with Crippen LogP contribution < -0.4 is 5.32 Å². The summed E-state index contributed by atoms with van der Waals surface area (Å²) in [6, 6.07) is 5.08. The third kappa shape index (κ3) is 4.55. The minimum atomic E-state index is -3.65. The van der Waals surface area contributed by atoms with Crippen molar-refractivity contribution in [3.05, 3.63) is 29.3 Å². The van der Waals surface area contributed by atoms with Crippen LogP contribution in [0, 0.1) is 13.8 Å². The Labute approximate surface area is 133 Å². The largest absolute Gasteiger partial charge is 0.352 e. The van der Waals surface area contributed by atoms with Crippen molar-refractivity contribution >= 4 is 15.9 Å². The van der Waals surface area contributed by atoms with E-state index in [1.165, 1.54) is 7.05 Å². The molecule has 5 nitrogen and oxygen atoms in total. The number of likely N-dealkylation sites (N-methyl/N-ethyl adjacent to an activating group) is 1. The maximum absolute atomic E-state index is 12.5. The number of sulfonamides is 1. The number of aryl methyl sites for hydroxylation is 2. The normalized spacial score (nSPS) is 12.0. The lowest BCUT2D eigenvalue weighted by Crippen LogP contribution is -2.42. The first kappa shape index (κ1) is 18.6. The van der Waals surface area contributed by atoms with Crippen LogP contribution in [0.3, 0.4) is 0 Å². The van der Waals surface area contributed by atoms with Crippen molar-refractivity contribution in [2.45, 2.75) is 51.5 Å². The average Bonchev–Trinajstić information content (AvgIpc) is 2.47. The first-order valence-electron chi connectivity index (χ1n) is 7.55. The van der Waals surface area contributed by atoms with Gasteiger partial charge < -0.3 is 5.32 Å². The number of hydrogen-bond donors (Lipinski definition) is 1. The molecule has 0 aliphatic carbocycles. The Morgan fingerprint density at radius 2 is 1.77 bits per heavy atom. The maximum atomic E-state index is 12.5. The van der Waals surface area contributed by atoms with Crippen LogP contribution in [0.2, 0.25) is 0 Å². The SMILES string of the molecule is CCC(CC)NC(=O)CN(C)S(=O)(=O)c1ccc(C)c(C)c1. The van der Waals surface area contributed by atoms with Crippen LogP contribution in [0.5, 0.6) is 0 Å². The van der Waals surface area contributed by atoms with Crippen LogP contribution in [-0.2, 0) is 14.8 Å². The molecule has 0 fully saturated rings. The molecule has 0 bridgehead atoms. The van der Waals surface area contributed by atoms with E-state index in [4.69, 9.17) is 0 Å². The Morgan fingerprint density at radius 3 is 2.27 bits per heavy atom. The highest BCUT2D eigenvalue weighted by Gasteiger charge is 2.23. The van der Waals surface area contributed by atoms with Gasteiger partial charge in [-0.3, -0.25) is 4.79 Å². The minimum Gasteiger partial charge on any atom is -0.352 e. The second-order valence-electron chi connectivity index (χ2n) is 5.59. The number of carbonyl (C=O) groups excluding carboxylic acids is 1. The van der Waals surface area contributed by atoms with Crippen LogP contribution in [-0.4, -0.2) is 38.3 Å². The molecule has 1 rings (SSSR count). The van der Waals surface area contributed by atoms with Gasteiger partial charge in [-0.15, -0.1) is 0 Å². The molecule has 0 aliphatic rings. The zero-order valence-corrected chi connectivity index (χ0v) is 14.8. The van der Waals surface area contributed by atoms with E-state index in [0.29, 0.717) is 0 Å². The molecule has 0 unspecified atom stereocenters. The first-order valence-corrected chi connectivity index (χ1v) is 8.99. The summed E-state index contributed by atoms with van der Waals surface area (Å²) in [4.78, 5) is 12.2. The van der Waals surface area contributed by atoms with Gasteiger partial charge in [0.05, 0.1) is 11.4 Å². The molecule has 0 atom stereocenters. The van der Waals surface area contributed by atoms with Crippen LogP contribution in [0.15, 0.2) is 23.1 Å². The minimum absolute atomic E-state index is 0.0882. The van der Waals surface area contributed by atoms with E-state index >= 15 is 0 Å². The fraction of sp³-hybridized carbons (Fsp3) is 0.562. The molecule has 1 N–H and O–H groups in total. The van der Waals surface area contributed by atoms with E-state index in [-0.39, 0.29) is 23.4 Å². The number of nitrogens with one attached hydrogen (secondary N) is 1. The lowest BCUT2D eigenvalue weighted by molar-refractivity contribution is -0.121. The molecule has 1 amide bonds. The molecule has 0 spiro atoms. The molecule has 0 saturated carbocycles. The third-order valence-corrected chi connectivity index (χ3v) is 5.70. The number of amides is 1. The zero-order valence-electron chi connectivity index (χ0n) is 14.0. The van der Waals surface area contributed by atoms with Gasteiger partial charge in [0.25, 0.3) is 0 Å². The quantitative estimate of drug-likeness (QED) is 0.835. The van der Waals surface area contributed by atoms with Gasteiger partial charge in [0, 0.05) is 13.1 Å². The molecule has 0 heterocycles. The van der Waals surface area contributed by atoms with Crippen LogP contribution in [0.25, 0.3) is 0 Å². The Kier molecular flexibility index (Phi) is 6.56. The topological polar surface area (TPSA) is 66.5 Å². The average molecular weight is 326 g/mol. The van der Waals surface area contributed by atoms with Gasteiger partial charge in [-0.25, -0.2) is 8.42 Å². The highest BCUT2D eigenvalue weighted by molar-refractivity contribution is 7.89. The summed E-state index contributed by atoms with van der Waals surface area (Å²) in [6.45, 7) is 7.60. The van der Waals surface area contributed by atoms with Crippen LogP contribution in [0.1, 0.15) is 37.8 Å². The summed E-state index contributed by atoms with van der Waals surface area (Å²) in [7, 11) is -2.22. The van der Waals surface area contributed by atoms with Crippen molar-refractivity contribution in [1.82, 2.24) is 9.62 Å². The molecule has 22 heavy (non-hydrogen) atoms. The van der Waals surface area contributed by atoms with Crippen LogP contribution >= 0.6 is 0 Å². The number of carbonyl (C=O) groups is 1. The molecule has 0 aromatic heterocycles. The molecule has 0 radical (unpaired) electrons. The molecule has 0 aliphatic heterocycles. The Balaban J connectivity index is 2.84. The van der Waals surface area contributed by atoms with E-state index in [1.807, 2.05) is 27.7 Å². The zero-order chi connectivity index (χ0) is 16.9. The van der Waals surface area contributed by atoms with Gasteiger partial charge in [-0.05, 0) is 49.9 Å². The summed E-state index contributed by atoms with van der Waals surface area (Å²) in [5.41, 5.74) is 1.95. The van der Waals surface area contributed by atoms with Crippen molar-refractivity contribution in [2.24, 2.45) is 0 Å². The van der Waals surface area contributed by atoms with Crippen LogP contribution in [0.4, 0.5) is 0 Å². The molecule has 1 aromatic rings. The van der Waals surface area contributed by atoms with Gasteiger partial charge in [0.2, 0.25) is 15.9 Å². The monoisotopic (exact) mass is 326 g/mol. The Bertz CT molecular complexity index is 622. The number of nitrogens with zero attached hydrogens (tertiary/aromatic N) is 1. The number of benzene rings is 1. The molecule has 124 valence electrons. The summed E-state index contributed by atoms with van der Waals surface area (Å²) >= 11 is 0. The molecule has 1 aromatic carbocycles. The molecular weight excluding hydrogens is 300 g/mol. The fourth-order valence-corrected chi connectivity index (χ4v) is 3.32. The summed E-state index contributed by atoms with van der Waals surface area (Å²) in [6.07, 6.45) is 1.66. The maximum Gasteiger partial charge on any atom is 0.243 e. The summed E-state index contributed by atoms with van der Waals surface area (Å²) in [5, 5.41) is 2.85.